The van der Waals surface area contributed by atoms with Crippen molar-refractivity contribution in [2.75, 3.05) is 33.0 Å². The molecule has 4 rings (SSSR count). The fraction of sp³-hybridized carbons (Fsp3) is 0.455. The Balaban J connectivity index is 1.25. The van der Waals surface area contributed by atoms with Crippen LogP contribution in [0.2, 0.25) is 5.02 Å². The van der Waals surface area contributed by atoms with E-state index in [2.05, 4.69) is 11.5 Å². The summed E-state index contributed by atoms with van der Waals surface area (Å²) in [6, 6.07) is 8.05. The van der Waals surface area contributed by atoms with Gasteiger partial charge < -0.3 is 35.3 Å². The second-order valence-corrected chi connectivity index (χ2v) is 12.6. The zero-order valence-electron chi connectivity index (χ0n) is 25.3. The standard InChI is InChI=1S/C33H41ClF2N2O6S/c1-4-19(14-21-15-20(7-9-25(21)34)31-29(40)28(39)30(41)33(44-31)45-3)6-5-13-43-23-17-38(18-23)12-11-27(37)32(42-2)24-16-22(35)8-10-26(24)36/h4-10,13,15-16,23,27-33,39-41H,1,11-12,14,17-18,37H2,2-3H3/b13-5+,19-6+/t27-,28+,29+,30-,31-,32+,33+/m0/s1. The zero-order valence-corrected chi connectivity index (χ0v) is 26.8. The third kappa shape index (κ3) is 8.94. The number of nitrogens with two attached hydrogens (primary N) is 1. The number of hydrogen-bond acceptors (Lipinski definition) is 9. The molecule has 0 aromatic heterocycles. The number of thioether (sulfide) groups is 1. The maximum absolute atomic E-state index is 14.2. The summed E-state index contributed by atoms with van der Waals surface area (Å²) in [4.78, 5) is 2.17. The molecule has 0 aliphatic carbocycles. The highest BCUT2D eigenvalue weighted by atomic mass is 35.5. The maximum Gasteiger partial charge on any atom is 0.132 e. The van der Waals surface area contributed by atoms with Crippen LogP contribution in [0, 0.1) is 11.6 Å². The van der Waals surface area contributed by atoms with Crippen LogP contribution in [0.1, 0.15) is 35.3 Å². The molecular weight excluding hydrogens is 626 g/mol. The fourth-order valence-corrected chi connectivity index (χ4v) is 6.36. The Hall–Kier alpha value is -2.32. The second kappa shape index (κ2) is 16.5. The summed E-state index contributed by atoms with van der Waals surface area (Å²) in [5.74, 6) is -1.09. The van der Waals surface area contributed by atoms with Crippen molar-refractivity contribution < 1.29 is 38.3 Å². The predicted octanol–water partition coefficient (Wildman–Crippen LogP) is 4.44. The van der Waals surface area contributed by atoms with Gasteiger partial charge in [0.2, 0.25) is 0 Å². The molecule has 0 bridgehead atoms. The topological polar surface area (TPSA) is 118 Å². The number of ether oxygens (including phenoxy) is 3. The van der Waals surface area contributed by atoms with Gasteiger partial charge >= 0.3 is 0 Å². The molecule has 45 heavy (non-hydrogen) atoms. The number of benzene rings is 2. The van der Waals surface area contributed by atoms with Gasteiger partial charge in [-0.15, -0.1) is 11.8 Å². The lowest BCUT2D eigenvalue weighted by Gasteiger charge is -2.40. The number of allylic oxidation sites excluding steroid dienone is 4. The van der Waals surface area contributed by atoms with Crippen molar-refractivity contribution in [3.05, 3.63) is 106 Å². The predicted molar refractivity (Wildman–Crippen MR) is 172 cm³/mol. The number of halogens is 3. The van der Waals surface area contributed by atoms with Gasteiger partial charge in [-0.25, -0.2) is 8.78 Å². The average Bonchev–Trinajstić information content (AvgIpc) is 3.01. The summed E-state index contributed by atoms with van der Waals surface area (Å²) in [6.07, 6.45) is 4.40. The fourth-order valence-electron chi connectivity index (χ4n) is 5.50. The van der Waals surface area contributed by atoms with E-state index < -0.39 is 53.6 Å². The quantitative estimate of drug-likeness (QED) is 0.172. The number of likely N-dealkylation sites (tertiary alicyclic amines) is 1. The van der Waals surface area contributed by atoms with Crippen LogP contribution >= 0.6 is 23.4 Å². The summed E-state index contributed by atoms with van der Waals surface area (Å²) < 4.78 is 45.0. The third-order valence-electron chi connectivity index (χ3n) is 8.13. The maximum atomic E-state index is 14.2. The van der Waals surface area contributed by atoms with Crippen molar-refractivity contribution in [1.29, 1.82) is 0 Å². The van der Waals surface area contributed by atoms with Crippen molar-refractivity contribution in [2.24, 2.45) is 5.73 Å². The molecule has 0 saturated carbocycles. The number of aliphatic hydroxyl groups excluding tert-OH is 3. The Kier molecular flexibility index (Phi) is 13.0. The van der Waals surface area contributed by atoms with Crippen LogP contribution in [0.25, 0.3) is 0 Å². The molecule has 12 heteroatoms. The first-order chi connectivity index (χ1) is 21.6. The van der Waals surface area contributed by atoms with Gasteiger partial charge in [-0.2, -0.15) is 0 Å². The van der Waals surface area contributed by atoms with Crippen LogP contribution in [0.3, 0.4) is 0 Å². The molecule has 0 radical (unpaired) electrons. The first kappa shape index (κ1) is 35.5. The van der Waals surface area contributed by atoms with Crippen LogP contribution in [-0.2, 0) is 20.6 Å². The van der Waals surface area contributed by atoms with Crippen molar-refractivity contribution in [3.8, 4) is 0 Å². The van der Waals surface area contributed by atoms with Crippen molar-refractivity contribution >= 4 is 23.4 Å². The molecule has 0 amide bonds. The number of hydrogen-bond donors (Lipinski definition) is 4. The lowest BCUT2D eigenvalue weighted by atomic mass is 9.92. The van der Waals surface area contributed by atoms with Crippen LogP contribution in [-0.4, -0.2) is 89.1 Å². The van der Waals surface area contributed by atoms with Gasteiger partial charge in [0.05, 0.1) is 6.26 Å². The Morgan fingerprint density at radius 1 is 1.18 bits per heavy atom. The van der Waals surface area contributed by atoms with Gasteiger partial charge in [-0.1, -0.05) is 42.5 Å². The molecule has 2 aliphatic heterocycles. The minimum Gasteiger partial charge on any atom is -0.495 e. The van der Waals surface area contributed by atoms with Gasteiger partial charge in [0.15, 0.2) is 0 Å². The number of aliphatic hydroxyl groups is 3. The molecule has 2 aliphatic rings. The summed E-state index contributed by atoms with van der Waals surface area (Å²) in [6.45, 7) is 5.99. The van der Waals surface area contributed by atoms with E-state index in [9.17, 15) is 24.1 Å². The molecule has 8 nitrogen and oxygen atoms in total. The highest BCUT2D eigenvalue weighted by molar-refractivity contribution is 7.99. The molecular formula is C33H41ClF2N2O6S. The normalized spacial score (nSPS) is 26.1. The van der Waals surface area contributed by atoms with E-state index >= 15 is 0 Å². The summed E-state index contributed by atoms with van der Waals surface area (Å²) in [5.41, 5.74) is 8.02. The van der Waals surface area contributed by atoms with Crippen LogP contribution < -0.4 is 5.73 Å². The lowest BCUT2D eigenvalue weighted by Crippen LogP contribution is -2.52. The lowest BCUT2D eigenvalue weighted by molar-refractivity contribution is -0.200. The molecule has 0 spiro atoms. The number of rotatable bonds is 14. The molecule has 2 saturated heterocycles. The van der Waals surface area contributed by atoms with E-state index in [-0.39, 0.29) is 11.7 Å². The Morgan fingerprint density at radius 3 is 2.62 bits per heavy atom. The molecule has 2 fully saturated rings. The largest absolute Gasteiger partial charge is 0.495 e. The SMILES string of the molecule is C=C/C(=C\C=C\OC1CN(CC[C@H](N)[C@H](OC)c2cc(F)ccc2F)C1)Cc1cc([C@@H]2O[C@H](SC)[C@@H](O)[C@H](O)[C@H]2O)ccc1Cl. The van der Waals surface area contributed by atoms with Crippen molar-refractivity contribution in [3.63, 3.8) is 0 Å². The second-order valence-electron chi connectivity index (χ2n) is 11.2. The molecule has 5 N–H and O–H groups in total. The van der Waals surface area contributed by atoms with Crippen LogP contribution in [0.4, 0.5) is 8.78 Å². The van der Waals surface area contributed by atoms with E-state index in [1.165, 1.54) is 18.9 Å². The van der Waals surface area contributed by atoms with E-state index in [0.29, 0.717) is 43.1 Å². The summed E-state index contributed by atoms with van der Waals surface area (Å²) in [7, 11) is 1.43. The van der Waals surface area contributed by atoms with Crippen molar-refractivity contribution in [2.45, 2.75) is 60.9 Å². The highest BCUT2D eigenvalue weighted by Gasteiger charge is 2.44. The Morgan fingerprint density at radius 2 is 1.93 bits per heavy atom. The number of nitrogens with zero attached hydrogens (tertiary/aromatic N) is 1. The third-order valence-corrected chi connectivity index (χ3v) is 9.35. The van der Waals surface area contributed by atoms with Crippen molar-refractivity contribution in [1.82, 2.24) is 4.90 Å². The van der Waals surface area contributed by atoms with Gasteiger partial charge in [-0.3, -0.25) is 4.90 Å². The zero-order chi connectivity index (χ0) is 32.7. The molecule has 246 valence electrons. The van der Waals surface area contributed by atoms with Crippen LogP contribution in [0.15, 0.2) is 73.0 Å². The van der Waals surface area contributed by atoms with E-state index in [1.807, 2.05) is 12.1 Å². The summed E-state index contributed by atoms with van der Waals surface area (Å²) in [5, 5.41) is 31.6. The minimum atomic E-state index is -1.34. The van der Waals surface area contributed by atoms with Gasteiger partial charge in [-0.05, 0) is 66.1 Å². The van der Waals surface area contributed by atoms with Crippen LogP contribution in [0.5, 0.6) is 0 Å². The molecule has 2 aromatic carbocycles. The highest BCUT2D eigenvalue weighted by Crippen LogP contribution is 2.37. The van der Waals surface area contributed by atoms with E-state index in [0.717, 1.165) is 29.3 Å². The Bertz CT molecular complexity index is 1360. The van der Waals surface area contributed by atoms with Gasteiger partial charge in [0.25, 0.3) is 0 Å². The monoisotopic (exact) mass is 666 g/mol. The smallest absolute Gasteiger partial charge is 0.132 e. The van der Waals surface area contributed by atoms with E-state index in [1.54, 1.807) is 36.8 Å². The summed E-state index contributed by atoms with van der Waals surface area (Å²) >= 11 is 7.74. The number of methoxy groups -OCH3 is 1. The first-order valence-corrected chi connectivity index (χ1v) is 16.3. The Labute approximate surface area is 272 Å². The van der Waals surface area contributed by atoms with E-state index in [4.69, 9.17) is 31.5 Å². The molecule has 2 aromatic rings. The molecule has 0 unspecified atom stereocenters. The van der Waals surface area contributed by atoms with Gasteiger partial charge in [0.1, 0.15) is 53.7 Å². The molecule has 7 atom stereocenters. The molecule has 2 heterocycles. The minimum absolute atomic E-state index is 0.0176. The first-order valence-electron chi connectivity index (χ1n) is 14.7. The average molecular weight is 667 g/mol. The van der Waals surface area contributed by atoms with Gasteiger partial charge in [0, 0.05) is 43.4 Å².